The molecule has 7 atom stereocenters. The van der Waals surface area contributed by atoms with Crippen LogP contribution in [0.3, 0.4) is 0 Å². The molecule has 1 saturated heterocycles. The second kappa shape index (κ2) is 9.92. The van der Waals surface area contributed by atoms with Gasteiger partial charge in [-0.3, -0.25) is 24.1 Å². The van der Waals surface area contributed by atoms with Gasteiger partial charge in [-0.2, -0.15) is 0 Å². The minimum Gasteiger partial charge on any atom is -0.489 e. The van der Waals surface area contributed by atoms with E-state index in [1.807, 2.05) is 42.5 Å². The summed E-state index contributed by atoms with van der Waals surface area (Å²) in [5, 5.41) is 10.0. The average Bonchev–Trinajstić information content (AvgIpc) is 3.68. The summed E-state index contributed by atoms with van der Waals surface area (Å²) >= 11 is 2.90. The zero-order valence-corrected chi connectivity index (χ0v) is 23.2. The van der Waals surface area contributed by atoms with Gasteiger partial charge in [-0.05, 0) is 53.9 Å². The van der Waals surface area contributed by atoms with Crippen molar-refractivity contribution >= 4 is 40.9 Å². The molecular formula is C30H28N2O6S2. The Morgan fingerprint density at radius 2 is 1.80 bits per heavy atom. The number of ether oxygens (including phenoxy) is 1. The number of amides is 2. The number of thioether (sulfide) groups is 1. The molecule has 1 aromatic heterocycles. The Morgan fingerprint density at radius 1 is 1.02 bits per heavy atom. The summed E-state index contributed by atoms with van der Waals surface area (Å²) in [6.45, 7) is 0.603. The summed E-state index contributed by atoms with van der Waals surface area (Å²) in [4.78, 5) is 55.8. The number of nitrogens with zero attached hydrogens (tertiary/aromatic N) is 1. The van der Waals surface area contributed by atoms with Crippen LogP contribution in [0.4, 0.5) is 0 Å². The van der Waals surface area contributed by atoms with E-state index in [0.29, 0.717) is 6.61 Å². The number of aromatic amines is 1. The zero-order valence-electron chi connectivity index (χ0n) is 21.5. The van der Waals surface area contributed by atoms with Gasteiger partial charge in [0, 0.05) is 29.0 Å². The summed E-state index contributed by atoms with van der Waals surface area (Å²) in [5.74, 6) is -1.11. The summed E-state index contributed by atoms with van der Waals surface area (Å²) in [7, 11) is 0. The summed E-state index contributed by atoms with van der Waals surface area (Å²) in [6, 6.07) is 18.0. The molecule has 3 aromatic rings. The molecule has 10 heteroatoms. The number of rotatable bonds is 8. The molecule has 2 aliphatic heterocycles. The van der Waals surface area contributed by atoms with Gasteiger partial charge in [-0.15, -0.1) is 11.8 Å². The molecule has 6 unspecified atom stereocenters. The van der Waals surface area contributed by atoms with Gasteiger partial charge in [0.15, 0.2) is 0 Å². The molecule has 2 aromatic carbocycles. The van der Waals surface area contributed by atoms with Gasteiger partial charge in [-0.25, -0.2) is 0 Å². The van der Waals surface area contributed by atoms with Crippen LogP contribution in [-0.2, 0) is 21.0 Å². The van der Waals surface area contributed by atoms with Crippen LogP contribution in [0.15, 0.2) is 64.4 Å². The zero-order chi connectivity index (χ0) is 27.5. The highest BCUT2D eigenvalue weighted by molar-refractivity contribution is 8.00. The third-order valence-corrected chi connectivity index (χ3v) is 11.6. The maximum Gasteiger partial charge on any atom is 0.305 e. The number of aromatic nitrogens is 1. The van der Waals surface area contributed by atoms with E-state index in [1.165, 1.54) is 16.2 Å². The molecule has 8 nitrogen and oxygen atoms in total. The number of hydrogen-bond donors (Lipinski definition) is 2. The predicted octanol–water partition coefficient (Wildman–Crippen LogP) is 4.35. The Kier molecular flexibility index (Phi) is 6.35. The molecular weight excluding hydrogens is 548 g/mol. The highest BCUT2D eigenvalue weighted by Gasteiger charge is 2.69. The fourth-order valence-electron chi connectivity index (χ4n) is 7.60. The summed E-state index contributed by atoms with van der Waals surface area (Å²) in [6.07, 6.45) is 1.01. The minimum absolute atomic E-state index is 0.0256. The van der Waals surface area contributed by atoms with Crippen molar-refractivity contribution in [3.8, 4) is 5.75 Å². The van der Waals surface area contributed by atoms with Crippen molar-refractivity contribution in [3.63, 3.8) is 0 Å². The van der Waals surface area contributed by atoms with Crippen molar-refractivity contribution in [2.24, 2.45) is 29.6 Å². The molecule has 3 fully saturated rings. The fraction of sp³-hybridized carbons (Fsp3) is 0.400. The van der Waals surface area contributed by atoms with Crippen molar-refractivity contribution in [2.75, 3.05) is 6.54 Å². The number of nitrogens with one attached hydrogen (secondary N) is 1. The van der Waals surface area contributed by atoms with Crippen LogP contribution >= 0.6 is 23.1 Å². The number of thiazole rings is 1. The lowest BCUT2D eigenvalue weighted by Gasteiger charge is -2.43. The lowest BCUT2D eigenvalue weighted by Crippen LogP contribution is -2.42. The SMILES string of the molecule is O=C(O)CCCN1C(=O)C2C3CC(C2C1=O)C1C3Sc2[nH]c(=O)sc2[C@@H]1c1cccc(OCc2ccccc2)c1. The standard InChI is InChI=1S/C30H28N2O6S2/c33-20(34)10-5-11-32-28(35)23-18-13-19(24(23)29(32)36)25-22(18)21(26-27(39-25)31-30(37)40-26)16-8-4-9-17(12-16)38-14-15-6-2-1-3-7-15/h1-4,6-9,12,18-19,21-25H,5,10-11,13-14H2,(H,31,37)(H,33,34)/t18?,19?,21-,22?,23?,24?,25?/m1/s1. The summed E-state index contributed by atoms with van der Waals surface area (Å²) in [5.41, 5.74) is 2.13. The normalized spacial score (nSPS) is 29.8. The van der Waals surface area contributed by atoms with E-state index in [-0.39, 0.29) is 76.8 Å². The molecule has 2 bridgehead atoms. The molecule has 2 saturated carbocycles. The number of aliphatic carboxylic acids is 1. The number of carboxylic acid groups (broad SMARTS) is 1. The van der Waals surface area contributed by atoms with Crippen molar-refractivity contribution in [2.45, 2.75) is 42.1 Å². The quantitative estimate of drug-likeness (QED) is 0.383. The lowest BCUT2D eigenvalue weighted by atomic mass is 9.68. The van der Waals surface area contributed by atoms with Gasteiger partial charge in [-0.1, -0.05) is 53.8 Å². The first kappa shape index (κ1) is 25.6. The lowest BCUT2D eigenvalue weighted by molar-refractivity contribution is -0.142. The number of H-pyrrole nitrogens is 1. The van der Waals surface area contributed by atoms with Gasteiger partial charge < -0.3 is 14.8 Å². The van der Waals surface area contributed by atoms with Gasteiger partial charge >= 0.3 is 10.8 Å². The molecule has 3 heterocycles. The third-order valence-electron chi connectivity index (χ3n) is 9.05. The Hall–Kier alpha value is -3.37. The number of carbonyl (C=O) groups is 3. The second-order valence-electron chi connectivity index (χ2n) is 11.1. The maximum atomic E-state index is 13.6. The van der Waals surface area contributed by atoms with E-state index < -0.39 is 5.97 Å². The van der Waals surface area contributed by atoms with Gasteiger partial charge in [0.05, 0.1) is 16.9 Å². The van der Waals surface area contributed by atoms with Crippen molar-refractivity contribution < 1.29 is 24.2 Å². The number of imide groups is 1. The van der Waals surface area contributed by atoms with E-state index in [9.17, 15) is 19.2 Å². The topological polar surface area (TPSA) is 117 Å². The highest BCUT2D eigenvalue weighted by atomic mass is 32.2. The average molecular weight is 577 g/mol. The molecule has 0 spiro atoms. The monoisotopic (exact) mass is 576 g/mol. The largest absolute Gasteiger partial charge is 0.489 e. The van der Waals surface area contributed by atoms with Crippen molar-refractivity contribution in [1.29, 1.82) is 0 Å². The van der Waals surface area contributed by atoms with Crippen LogP contribution in [0, 0.1) is 29.6 Å². The number of benzene rings is 2. The van der Waals surface area contributed by atoms with E-state index in [2.05, 4.69) is 17.1 Å². The van der Waals surface area contributed by atoms with Crippen LogP contribution in [-0.4, -0.2) is 44.6 Å². The first-order valence-corrected chi connectivity index (χ1v) is 15.3. The van der Waals surface area contributed by atoms with Gasteiger partial charge in [0.25, 0.3) is 0 Å². The molecule has 2 N–H and O–H groups in total. The third kappa shape index (κ3) is 4.11. The first-order valence-electron chi connectivity index (χ1n) is 13.6. The second-order valence-corrected chi connectivity index (χ2v) is 13.3. The Labute approximate surface area is 238 Å². The van der Waals surface area contributed by atoms with E-state index in [4.69, 9.17) is 9.84 Å². The van der Waals surface area contributed by atoms with Gasteiger partial charge in [0.2, 0.25) is 11.8 Å². The number of carboxylic acids is 1. The first-order chi connectivity index (χ1) is 19.4. The molecule has 2 aliphatic carbocycles. The Bertz CT molecular complexity index is 1550. The smallest absolute Gasteiger partial charge is 0.305 e. The fourth-order valence-corrected chi connectivity index (χ4v) is 10.5. The van der Waals surface area contributed by atoms with Crippen LogP contribution in [0.5, 0.6) is 5.75 Å². The molecule has 4 aliphatic rings. The van der Waals surface area contributed by atoms with Crippen molar-refractivity contribution in [3.05, 3.63) is 80.3 Å². The van der Waals surface area contributed by atoms with Crippen LogP contribution < -0.4 is 9.61 Å². The maximum absolute atomic E-state index is 13.6. The van der Waals surface area contributed by atoms with Crippen LogP contribution in [0.25, 0.3) is 0 Å². The van der Waals surface area contributed by atoms with E-state index >= 15 is 0 Å². The Balaban J connectivity index is 1.20. The van der Waals surface area contributed by atoms with Crippen LogP contribution in [0.2, 0.25) is 0 Å². The minimum atomic E-state index is -0.931. The number of hydrogen-bond acceptors (Lipinski definition) is 7. The number of likely N-dealkylation sites (tertiary alicyclic amines) is 1. The molecule has 7 rings (SSSR count). The Morgan fingerprint density at radius 3 is 2.58 bits per heavy atom. The molecule has 40 heavy (non-hydrogen) atoms. The number of carbonyl (C=O) groups excluding carboxylic acids is 2. The number of fused-ring (bicyclic) bond motifs is 9. The molecule has 2 amide bonds. The molecule has 206 valence electrons. The van der Waals surface area contributed by atoms with Crippen LogP contribution in [0.1, 0.15) is 41.2 Å². The predicted molar refractivity (Wildman–Crippen MR) is 149 cm³/mol. The summed E-state index contributed by atoms with van der Waals surface area (Å²) < 4.78 is 6.14. The van der Waals surface area contributed by atoms with E-state index in [0.717, 1.165) is 33.2 Å². The highest BCUT2D eigenvalue weighted by Crippen LogP contribution is 2.68. The molecule has 0 radical (unpaired) electrons. The van der Waals surface area contributed by atoms with Gasteiger partial charge in [0.1, 0.15) is 12.4 Å². The van der Waals surface area contributed by atoms with Crippen molar-refractivity contribution in [1.82, 2.24) is 9.88 Å². The van der Waals surface area contributed by atoms with E-state index in [1.54, 1.807) is 11.8 Å².